The summed E-state index contributed by atoms with van der Waals surface area (Å²) in [5, 5.41) is 10.9. The Bertz CT molecular complexity index is 2430. The molecule has 0 aliphatic heterocycles. The SMILES string of the molecule is c1ccc2ncc(-c3ccc4ccc5ccc(-c6ccc7ccc8cccc9ccc6c7c89)nc5c4n3)cc2c1. The lowest BCUT2D eigenvalue weighted by molar-refractivity contribution is 1.34. The zero-order valence-electron chi connectivity index (χ0n) is 21.5. The Hall–Kier alpha value is -5.41. The summed E-state index contributed by atoms with van der Waals surface area (Å²) in [6.07, 6.45) is 1.91. The van der Waals surface area contributed by atoms with E-state index in [1.165, 1.54) is 32.3 Å². The van der Waals surface area contributed by atoms with Gasteiger partial charge in [0.2, 0.25) is 0 Å². The van der Waals surface area contributed by atoms with Crippen LogP contribution in [0.1, 0.15) is 0 Å². The average molecular weight is 508 g/mol. The van der Waals surface area contributed by atoms with Crippen LogP contribution in [-0.2, 0) is 0 Å². The minimum atomic E-state index is 0.896. The quantitative estimate of drug-likeness (QED) is 0.219. The maximum Gasteiger partial charge on any atom is 0.0972 e. The summed E-state index contributed by atoms with van der Waals surface area (Å²) in [6, 6.07) is 43.0. The first kappa shape index (κ1) is 21.5. The first-order valence-corrected chi connectivity index (χ1v) is 13.5. The zero-order valence-corrected chi connectivity index (χ0v) is 21.5. The van der Waals surface area contributed by atoms with Gasteiger partial charge in [0.25, 0.3) is 0 Å². The van der Waals surface area contributed by atoms with Crippen molar-refractivity contribution in [3.05, 3.63) is 128 Å². The van der Waals surface area contributed by atoms with E-state index in [2.05, 4.69) is 108 Å². The van der Waals surface area contributed by atoms with Crippen molar-refractivity contribution in [2.75, 3.05) is 0 Å². The number of hydrogen-bond donors (Lipinski definition) is 0. The number of benzene rings is 6. The van der Waals surface area contributed by atoms with Crippen LogP contribution in [0.3, 0.4) is 0 Å². The van der Waals surface area contributed by atoms with E-state index in [-0.39, 0.29) is 0 Å². The maximum atomic E-state index is 5.26. The summed E-state index contributed by atoms with van der Waals surface area (Å²) in [6.45, 7) is 0. The number of nitrogens with zero attached hydrogens (tertiary/aromatic N) is 3. The van der Waals surface area contributed by atoms with Gasteiger partial charge in [-0.2, -0.15) is 0 Å². The van der Waals surface area contributed by atoms with E-state index in [1.807, 2.05) is 24.4 Å². The monoisotopic (exact) mass is 507 g/mol. The first-order valence-electron chi connectivity index (χ1n) is 13.5. The highest BCUT2D eigenvalue weighted by molar-refractivity contribution is 6.25. The molecule has 3 aromatic heterocycles. The van der Waals surface area contributed by atoms with Gasteiger partial charge < -0.3 is 0 Å². The molecule has 0 unspecified atom stereocenters. The second-order valence-corrected chi connectivity index (χ2v) is 10.5. The molecule has 0 aliphatic rings. The summed E-state index contributed by atoms with van der Waals surface area (Å²) < 4.78 is 0. The van der Waals surface area contributed by atoms with Crippen LogP contribution < -0.4 is 0 Å². The number of para-hydroxylation sites is 1. The van der Waals surface area contributed by atoms with Gasteiger partial charge >= 0.3 is 0 Å². The summed E-state index contributed by atoms with van der Waals surface area (Å²) in [5.74, 6) is 0. The first-order chi connectivity index (χ1) is 19.8. The fraction of sp³-hybridized carbons (Fsp3) is 0. The second kappa shape index (κ2) is 8.05. The zero-order chi connectivity index (χ0) is 26.2. The smallest absolute Gasteiger partial charge is 0.0972 e. The highest BCUT2D eigenvalue weighted by Crippen LogP contribution is 2.39. The van der Waals surface area contributed by atoms with Crippen molar-refractivity contribution in [3.63, 3.8) is 0 Å². The van der Waals surface area contributed by atoms with Crippen LogP contribution in [0.5, 0.6) is 0 Å². The Morgan fingerprint density at radius 1 is 0.425 bits per heavy atom. The van der Waals surface area contributed by atoms with Crippen molar-refractivity contribution in [3.8, 4) is 22.5 Å². The average Bonchev–Trinajstić information content (AvgIpc) is 3.03. The summed E-state index contributed by atoms with van der Waals surface area (Å²) in [7, 11) is 0. The lowest BCUT2D eigenvalue weighted by Crippen LogP contribution is -1.92. The van der Waals surface area contributed by atoms with Gasteiger partial charge in [-0.15, -0.1) is 0 Å². The predicted octanol–water partition coefficient (Wildman–Crippen LogP) is 9.56. The van der Waals surface area contributed by atoms with Crippen LogP contribution in [0.4, 0.5) is 0 Å². The molecule has 0 aliphatic carbocycles. The number of aromatic nitrogens is 3. The van der Waals surface area contributed by atoms with E-state index < -0.39 is 0 Å². The largest absolute Gasteiger partial charge is 0.256 e. The van der Waals surface area contributed by atoms with E-state index in [4.69, 9.17) is 9.97 Å². The number of pyridine rings is 3. The van der Waals surface area contributed by atoms with E-state index in [0.717, 1.165) is 55.2 Å². The fourth-order valence-corrected chi connectivity index (χ4v) is 6.25. The Morgan fingerprint density at radius 3 is 1.85 bits per heavy atom. The summed E-state index contributed by atoms with van der Waals surface area (Å²) in [5.41, 5.74) is 6.79. The molecular weight excluding hydrogens is 486 g/mol. The number of rotatable bonds is 2. The van der Waals surface area contributed by atoms with E-state index in [9.17, 15) is 0 Å². The van der Waals surface area contributed by atoms with E-state index in [1.54, 1.807) is 0 Å². The Kier molecular flexibility index (Phi) is 4.33. The van der Waals surface area contributed by atoms with Crippen LogP contribution in [-0.4, -0.2) is 15.0 Å². The second-order valence-electron chi connectivity index (χ2n) is 10.5. The molecule has 3 nitrogen and oxygen atoms in total. The summed E-state index contributed by atoms with van der Waals surface area (Å²) >= 11 is 0. The third-order valence-electron chi connectivity index (χ3n) is 8.21. The predicted molar refractivity (Wildman–Crippen MR) is 167 cm³/mol. The molecule has 9 rings (SSSR count). The van der Waals surface area contributed by atoms with Gasteiger partial charge in [-0.25, -0.2) is 9.97 Å². The molecule has 0 spiro atoms. The van der Waals surface area contributed by atoms with Gasteiger partial charge in [-0.1, -0.05) is 97.1 Å². The molecule has 3 heteroatoms. The van der Waals surface area contributed by atoms with Gasteiger partial charge in [0.05, 0.1) is 27.9 Å². The van der Waals surface area contributed by atoms with Gasteiger partial charge in [-0.3, -0.25) is 4.98 Å². The third kappa shape index (κ3) is 3.09. The molecule has 9 aromatic rings. The van der Waals surface area contributed by atoms with Gasteiger partial charge in [0.15, 0.2) is 0 Å². The van der Waals surface area contributed by atoms with E-state index in [0.29, 0.717) is 0 Å². The minimum Gasteiger partial charge on any atom is -0.256 e. The molecule has 0 bridgehead atoms. The van der Waals surface area contributed by atoms with Crippen molar-refractivity contribution in [1.82, 2.24) is 15.0 Å². The fourth-order valence-electron chi connectivity index (χ4n) is 6.25. The molecule has 0 saturated heterocycles. The molecule has 40 heavy (non-hydrogen) atoms. The van der Waals surface area contributed by atoms with Crippen molar-refractivity contribution in [1.29, 1.82) is 0 Å². The molecule has 6 aromatic carbocycles. The van der Waals surface area contributed by atoms with Gasteiger partial charge in [0, 0.05) is 33.5 Å². The van der Waals surface area contributed by atoms with Gasteiger partial charge in [0.1, 0.15) is 0 Å². The normalized spacial score (nSPS) is 12.0. The van der Waals surface area contributed by atoms with Crippen LogP contribution in [0.15, 0.2) is 128 Å². The third-order valence-corrected chi connectivity index (χ3v) is 8.21. The molecule has 0 fully saturated rings. The maximum absolute atomic E-state index is 5.26. The van der Waals surface area contributed by atoms with Crippen molar-refractivity contribution >= 4 is 65.0 Å². The van der Waals surface area contributed by atoms with Crippen molar-refractivity contribution in [2.45, 2.75) is 0 Å². The highest BCUT2D eigenvalue weighted by atomic mass is 14.8. The number of hydrogen-bond acceptors (Lipinski definition) is 3. The van der Waals surface area contributed by atoms with Crippen LogP contribution in [0.25, 0.3) is 87.5 Å². The minimum absolute atomic E-state index is 0.896. The lowest BCUT2D eigenvalue weighted by atomic mass is 9.91. The molecule has 0 saturated carbocycles. The molecule has 184 valence electrons. The topological polar surface area (TPSA) is 38.7 Å². The molecule has 0 radical (unpaired) electrons. The highest BCUT2D eigenvalue weighted by Gasteiger charge is 2.14. The number of fused-ring (bicyclic) bond motifs is 4. The molecule has 0 N–H and O–H groups in total. The molecule has 0 atom stereocenters. The lowest BCUT2D eigenvalue weighted by Gasteiger charge is -2.14. The van der Waals surface area contributed by atoms with Crippen molar-refractivity contribution < 1.29 is 0 Å². The molecule has 0 amide bonds. The molecular formula is C37H21N3. The van der Waals surface area contributed by atoms with E-state index >= 15 is 0 Å². The van der Waals surface area contributed by atoms with Crippen LogP contribution in [0, 0.1) is 0 Å². The Morgan fingerprint density at radius 2 is 1.02 bits per heavy atom. The van der Waals surface area contributed by atoms with Crippen molar-refractivity contribution in [2.24, 2.45) is 0 Å². The Balaban J connectivity index is 1.27. The van der Waals surface area contributed by atoms with Gasteiger partial charge in [-0.05, 0) is 56.6 Å². The standard InChI is InChI=1S/C37H21N3/c1-2-7-31-27(4-1)20-28(21-38-31)32-18-14-25-10-11-26-15-19-33(40-37(26)36(25)39-32)29-16-12-24-9-8-22-5-3-6-23-13-17-30(29)35(24)34(22)23/h1-21H. The summed E-state index contributed by atoms with van der Waals surface area (Å²) in [4.78, 5) is 15.1. The Labute approximate surface area is 229 Å². The molecule has 3 heterocycles. The van der Waals surface area contributed by atoms with Crippen LogP contribution in [0.2, 0.25) is 0 Å². The van der Waals surface area contributed by atoms with Crippen LogP contribution >= 0.6 is 0 Å².